The maximum Gasteiger partial charge on any atom is 0.125 e. The molecule has 1 aliphatic rings. The van der Waals surface area contributed by atoms with Gasteiger partial charge in [-0.3, -0.25) is 0 Å². The van der Waals surface area contributed by atoms with Gasteiger partial charge in [0.2, 0.25) is 0 Å². The summed E-state index contributed by atoms with van der Waals surface area (Å²) in [5.41, 5.74) is 8.51. The summed E-state index contributed by atoms with van der Waals surface area (Å²) in [6, 6.07) is 6.43. The Morgan fingerprint density at radius 2 is 2.33 bits per heavy atom. The normalized spacial score (nSPS) is 18.7. The molecule has 0 radical (unpaired) electrons. The van der Waals surface area contributed by atoms with E-state index in [1.54, 1.807) is 10.7 Å². The average Bonchev–Trinajstić information content (AvgIpc) is 2.81. The van der Waals surface area contributed by atoms with Crippen LogP contribution in [0.5, 0.6) is 0 Å². The largest absolute Gasteiger partial charge is 0.330 e. The van der Waals surface area contributed by atoms with Crippen LogP contribution in [-0.2, 0) is 12.8 Å². The Labute approximate surface area is 105 Å². The van der Waals surface area contributed by atoms with E-state index >= 15 is 0 Å². The van der Waals surface area contributed by atoms with Gasteiger partial charge in [-0.1, -0.05) is 11.3 Å². The zero-order valence-corrected chi connectivity index (χ0v) is 10.0. The van der Waals surface area contributed by atoms with E-state index in [2.05, 4.69) is 10.3 Å². The number of hydrogen-bond donors (Lipinski definition) is 1. The highest BCUT2D eigenvalue weighted by Gasteiger charge is 2.23. The molecule has 0 aliphatic heterocycles. The molecule has 0 saturated carbocycles. The van der Waals surface area contributed by atoms with Gasteiger partial charge in [0.05, 0.1) is 17.1 Å². The molecule has 1 aliphatic carbocycles. The zero-order valence-electron chi connectivity index (χ0n) is 10.0. The topological polar surface area (TPSA) is 56.7 Å². The molecule has 1 unspecified atom stereocenters. The minimum Gasteiger partial charge on any atom is -0.330 e. The van der Waals surface area contributed by atoms with Gasteiger partial charge in [-0.05, 0) is 49.9 Å². The summed E-state index contributed by atoms with van der Waals surface area (Å²) >= 11 is 0. The number of halogens is 1. The first-order valence-corrected chi connectivity index (χ1v) is 6.17. The predicted molar refractivity (Wildman–Crippen MR) is 65.9 cm³/mol. The van der Waals surface area contributed by atoms with Gasteiger partial charge < -0.3 is 5.73 Å². The molecule has 2 N–H and O–H groups in total. The van der Waals surface area contributed by atoms with Crippen LogP contribution >= 0.6 is 0 Å². The van der Waals surface area contributed by atoms with Crippen molar-refractivity contribution in [3.8, 4) is 5.69 Å². The standard InChI is InChI=1S/C13H15FN4/c14-10-2-1-3-11(7-10)18-13-5-4-9(8-15)6-12(13)16-17-18/h1-3,7,9H,4-6,8,15H2. The molecule has 0 bridgehead atoms. The van der Waals surface area contributed by atoms with Crippen molar-refractivity contribution in [3.63, 3.8) is 0 Å². The number of fused-ring (bicyclic) bond motifs is 1. The number of rotatable bonds is 2. The van der Waals surface area contributed by atoms with E-state index in [4.69, 9.17) is 5.73 Å². The van der Waals surface area contributed by atoms with Gasteiger partial charge in [0.15, 0.2) is 0 Å². The maximum atomic E-state index is 13.2. The summed E-state index contributed by atoms with van der Waals surface area (Å²) < 4.78 is 15.0. The molecule has 5 heteroatoms. The molecule has 0 saturated heterocycles. The molecule has 2 aromatic rings. The van der Waals surface area contributed by atoms with Crippen LogP contribution < -0.4 is 5.73 Å². The molecule has 0 spiro atoms. The number of benzene rings is 1. The molecule has 1 heterocycles. The summed E-state index contributed by atoms with van der Waals surface area (Å²) in [5, 5.41) is 8.33. The first-order chi connectivity index (χ1) is 8.78. The quantitative estimate of drug-likeness (QED) is 0.873. The van der Waals surface area contributed by atoms with Crippen LogP contribution in [0.4, 0.5) is 4.39 Å². The lowest BCUT2D eigenvalue weighted by atomic mass is 9.90. The predicted octanol–water partition coefficient (Wildman–Crippen LogP) is 1.47. The van der Waals surface area contributed by atoms with E-state index in [1.165, 1.54) is 12.1 Å². The third-order valence-corrected chi connectivity index (χ3v) is 3.50. The van der Waals surface area contributed by atoms with Crippen molar-refractivity contribution in [2.75, 3.05) is 6.54 Å². The third kappa shape index (κ3) is 1.90. The Morgan fingerprint density at radius 3 is 3.11 bits per heavy atom. The van der Waals surface area contributed by atoms with Crippen molar-refractivity contribution in [2.24, 2.45) is 11.7 Å². The van der Waals surface area contributed by atoms with E-state index in [0.717, 1.165) is 36.3 Å². The Morgan fingerprint density at radius 1 is 1.44 bits per heavy atom. The first kappa shape index (κ1) is 11.3. The number of nitrogens with zero attached hydrogens (tertiary/aromatic N) is 3. The Bertz CT molecular complexity index is 564. The minimum atomic E-state index is -0.257. The van der Waals surface area contributed by atoms with Crippen LogP contribution in [0.15, 0.2) is 24.3 Å². The Kier molecular flexibility index (Phi) is 2.83. The van der Waals surface area contributed by atoms with E-state index in [9.17, 15) is 4.39 Å². The van der Waals surface area contributed by atoms with Gasteiger partial charge in [-0.2, -0.15) is 0 Å². The molecular formula is C13H15FN4. The van der Waals surface area contributed by atoms with Crippen LogP contribution in [0.25, 0.3) is 5.69 Å². The van der Waals surface area contributed by atoms with Gasteiger partial charge in [-0.15, -0.1) is 5.10 Å². The van der Waals surface area contributed by atoms with Crippen molar-refractivity contribution in [3.05, 3.63) is 41.5 Å². The van der Waals surface area contributed by atoms with Gasteiger partial charge in [0, 0.05) is 0 Å². The van der Waals surface area contributed by atoms with Gasteiger partial charge in [0.25, 0.3) is 0 Å². The van der Waals surface area contributed by atoms with E-state index in [-0.39, 0.29) is 5.82 Å². The second-order valence-electron chi connectivity index (χ2n) is 4.72. The minimum absolute atomic E-state index is 0.257. The lowest BCUT2D eigenvalue weighted by Crippen LogP contribution is -2.23. The van der Waals surface area contributed by atoms with Crippen molar-refractivity contribution in [1.29, 1.82) is 0 Å². The molecule has 1 aromatic carbocycles. The fraction of sp³-hybridized carbons (Fsp3) is 0.385. The molecule has 0 amide bonds. The Balaban J connectivity index is 1.98. The zero-order chi connectivity index (χ0) is 12.5. The van der Waals surface area contributed by atoms with Crippen LogP contribution in [-0.4, -0.2) is 21.5 Å². The third-order valence-electron chi connectivity index (χ3n) is 3.50. The van der Waals surface area contributed by atoms with Crippen molar-refractivity contribution in [1.82, 2.24) is 15.0 Å². The summed E-state index contributed by atoms with van der Waals surface area (Å²) in [4.78, 5) is 0. The van der Waals surface area contributed by atoms with Gasteiger partial charge >= 0.3 is 0 Å². The first-order valence-electron chi connectivity index (χ1n) is 6.17. The van der Waals surface area contributed by atoms with Gasteiger partial charge in [-0.25, -0.2) is 9.07 Å². The summed E-state index contributed by atoms with van der Waals surface area (Å²) in [6.07, 6.45) is 2.83. The molecule has 1 aromatic heterocycles. The Hall–Kier alpha value is -1.75. The SMILES string of the molecule is NCC1CCc2c(nnn2-c2cccc(F)c2)C1. The van der Waals surface area contributed by atoms with E-state index in [0.29, 0.717) is 12.5 Å². The van der Waals surface area contributed by atoms with E-state index in [1.807, 2.05) is 6.07 Å². The number of nitrogens with two attached hydrogens (primary N) is 1. The molecule has 1 atom stereocenters. The van der Waals surface area contributed by atoms with Crippen molar-refractivity contribution in [2.45, 2.75) is 19.3 Å². The fourth-order valence-corrected chi connectivity index (χ4v) is 2.47. The highest BCUT2D eigenvalue weighted by Crippen LogP contribution is 2.25. The van der Waals surface area contributed by atoms with Crippen molar-refractivity contribution >= 4 is 0 Å². The highest BCUT2D eigenvalue weighted by atomic mass is 19.1. The molecule has 0 fully saturated rings. The molecule has 3 rings (SSSR count). The van der Waals surface area contributed by atoms with Crippen LogP contribution in [0.2, 0.25) is 0 Å². The lowest BCUT2D eigenvalue weighted by Gasteiger charge is -2.19. The summed E-state index contributed by atoms with van der Waals surface area (Å²) in [6.45, 7) is 0.687. The van der Waals surface area contributed by atoms with E-state index < -0.39 is 0 Å². The highest BCUT2D eigenvalue weighted by molar-refractivity contribution is 5.34. The maximum absolute atomic E-state index is 13.2. The fourth-order valence-electron chi connectivity index (χ4n) is 2.47. The second-order valence-corrected chi connectivity index (χ2v) is 4.72. The monoisotopic (exact) mass is 246 g/mol. The lowest BCUT2D eigenvalue weighted by molar-refractivity contribution is 0.458. The molecular weight excluding hydrogens is 231 g/mol. The van der Waals surface area contributed by atoms with Crippen LogP contribution in [0, 0.1) is 11.7 Å². The molecule has 94 valence electrons. The van der Waals surface area contributed by atoms with Crippen LogP contribution in [0.3, 0.4) is 0 Å². The smallest absolute Gasteiger partial charge is 0.125 e. The van der Waals surface area contributed by atoms with Gasteiger partial charge in [0.1, 0.15) is 5.82 Å². The molecule has 4 nitrogen and oxygen atoms in total. The summed E-state index contributed by atoms with van der Waals surface area (Å²) in [5.74, 6) is 0.238. The number of aromatic nitrogens is 3. The average molecular weight is 246 g/mol. The summed E-state index contributed by atoms with van der Waals surface area (Å²) in [7, 11) is 0. The van der Waals surface area contributed by atoms with Crippen LogP contribution in [0.1, 0.15) is 17.8 Å². The van der Waals surface area contributed by atoms with Crippen molar-refractivity contribution < 1.29 is 4.39 Å². The second kappa shape index (κ2) is 4.49. The number of hydrogen-bond acceptors (Lipinski definition) is 3. The molecule has 18 heavy (non-hydrogen) atoms.